The molecule has 0 aliphatic carbocycles. The predicted molar refractivity (Wildman–Crippen MR) is 105 cm³/mol. The van der Waals surface area contributed by atoms with Crippen LogP contribution in [0.4, 0.5) is 5.69 Å². The summed E-state index contributed by atoms with van der Waals surface area (Å²) in [5, 5.41) is 9.00. The molecule has 3 aromatic carbocycles. The van der Waals surface area contributed by atoms with Crippen LogP contribution >= 0.6 is 23.2 Å². The van der Waals surface area contributed by atoms with Crippen molar-refractivity contribution >= 4 is 57.7 Å². The van der Waals surface area contributed by atoms with Gasteiger partial charge in [0.15, 0.2) is 0 Å². The highest BCUT2D eigenvalue weighted by Gasteiger charge is 2.14. The highest BCUT2D eigenvalue weighted by Crippen LogP contribution is 2.23. The van der Waals surface area contributed by atoms with Crippen LogP contribution in [0.3, 0.4) is 0 Å². The Balaban J connectivity index is 1.66. The summed E-state index contributed by atoms with van der Waals surface area (Å²) in [4.78, 5) is 24.0. The summed E-state index contributed by atoms with van der Waals surface area (Å²) in [6.07, 6.45) is 1.34. The van der Waals surface area contributed by atoms with E-state index in [9.17, 15) is 9.59 Å². The monoisotopic (exact) mass is 385 g/mol. The van der Waals surface area contributed by atoms with Crippen molar-refractivity contribution in [3.8, 4) is 0 Å². The number of hydrogen-bond donors (Lipinski definition) is 2. The molecule has 3 aromatic rings. The summed E-state index contributed by atoms with van der Waals surface area (Å²) >= 11 is 11.8. The third-order valence-corrected chi connectivity index (χ3v) is 4.14. The first-order valence-corrected chi connectivity index (χ1v) is 8.37. The Hall–Kier alpha value is -2.89. The predicted octanol–water partition coefficient (Wildman–Crippen LogP) is 4.24. The Morgan fingerprint density at radius 3 is 2.50 bits per heavy atom. The first kappa shape index (κ1) is 17.9. The summed E-state index contributed by atoms with van der Waals surface area (Å²) in [5.74, 6) is -1.71. The molecule has 0 saturated carbocycles. The van der Waals surface area contributed by atoms with E-state index in [0.717, 1.165) is 10.8 Å². The Kier molecular flexibility index (Phi) is 5.51. The molecule has 0 fully saturated rings. The molecule has 3 rings (SSSR count). The maximum Gasteiger partial charge on any atom is 0.329 e. The van der Waals surface area contributed by atoms with Crippen molar-refractivity contribution in [2.75, 3.05) is 5.32 Å². The van der Waals surface area contributed by atoms with Crippen LogP contribution in [0.2, 0.25) is 10.0 Å². The fourth-order valence-electron chi connectivity index (χ4n) is 2.33. The average molecular weight is 386 g/mol. The van der Waals surface area contributed by atoms with Crippen LogP contribution in [0.5, 0.6) is 0 Å². The van der Waals surface area contributed by atoms with Crippen molar-refractivity contribution in [2.45, 2.75) is 0 Å². The smallest absolute Gasteiger partial charge is 0.317 e. The van der Waals surface area contributed by atoms with Crippen molar-refractivity contribution in [2.24, 2.45) is 5.10 Å². The molecule has 0 saturated heterocycles. The molecule has 0 bridgehead atoms. The standard InChI is InChI=1S/C19H13Cl2N3O2/c20-14-9-8-13(16(21)10-14)11-22-24-19(26)18(25)23-17-7-3-5-12-4-1-2-6-15(12)17/h1-11H,(H,23,25)(H,24,26)/b22-11+. The number of amides is 2. The average Bonchev–Trinajstić information content (AvgIpc) is 2.63. The number of hydrogen-bond acceptors (Lipinski definition) is 3. The number of carbonyl (C=O) groups is 2. The SMILES string of the molecule is O=C(N/N=C/c1ccc(Cl)cc1Cl)C(=O)Nc1cccc2ccccc12. The third-order valence-electron chi connectivity index (χ3n) is 3.58. The van der Waals surface area contributed by atoms with Crippen LogP contribution in [-0.2, 0) is 9.59 Å². The Morgan fingerprint density at radius 1 is 0.923 bits per heavy atom. The third kappa shape index (κ3) is 4.20. The zero-order valence-corrected chi connectivity index (χ0v) is 14.9. The summed E-state index contributed by atoms with van der Waals surface area (Å²) in [6.45, 7) is 0. The van der Waals surface area contributed by atoms with Gasteiger partial charge in [0.05, 0.1) is 11.2 Å². The molecule has 5 nitrogen and oxygen atoms in total. The van der Waals surface area contributed by atoms with Gasteiger partial charge in [-0.3, -0.25) is 9.59 Å². The van der Waals surface area contributed by atoms with Crippen molar-refractivity contribution < 1.29 is 9.59 Å². The van der Waals surface area contributed by atoms with Crippen LogP contribution in [0.25, 0.3) is 10.8 Å². The number of fused-ring (bicyclic) bond motifs is 1. The van der Waals surface area contributed by atoms with E-state index in [4.69, 9.17) is 23.2 Å². The quantitative estimate of drug-likeness (QED) is 0.402. The summed E-state index contributed by atoms with van der Waals surface area (Å²) in [5.41, 5.74) is 3.28. The molecule has 0 radical (unpaired) electrons. The molecule has 130 valence electrons. The Morgan fingerprint density at radius 2 is 1.69 bits per heavy atom. The lowest BCUT2D eigenvalue weighted by molar-refractivity contribution is -0.136. The Labute approximate surface area is 159 Å². The minimum Gasteiger partial charge on any atom is -0.317 e. The zero-order valence-electron chi connectivity index (χ0n) is 13.4. The highest BCUT2D eigenvalue weighted by atomic mass is 35.5. The Bertz CT molecular complexity index is 1010. The van der Waals surface area contributed by atoms with Crippen LogP contribution in [0.15, 0.2) is 65.8 Å². The van der Waals surface area contributed by atoms with Crippen molar-refractivity contribution in [3.63, 3.8) is 0 Å². The minimum atomic E-state index is -0.890. The van der Waals surface area contributed by atoms with Gasteiger partial charge in [0.25, 0.3) is 0 Å². The number of rotatable bonds is 3. The van der Waals surface area contributed by atoms with Crippen LogP contribution in [-0.4, -0.2) is 18.0 Å². The second kappa shape index (κ2) is 7.99. The van der Waals surface area contributed by atoms with Crippen LogP contribution < -0.4 is 10.7 Å². The molecule has 0 aliphatic heterocycles. The lowest BCUT2D eigenvalue weighted by atomic mass is 10.1. The molecule has 0 unspecified atom stereocenters. The van der Waals surface area contributed by atoms with E-state index >= 15 is 0 Å². The van der Waals surface area contributed by atoms with Crippen LogP contribution in [0.1, 0.15) is 5.56 Å². The largest absolute Gasteiger partial charge is 0.329 e. The first-order chi connectivity index (χ1) is 12.5. The van der Waals surface area contributed by atoms with Gasteiger partial charge in [-0.25, -0.2) is 5.43 Å². The van der Waals surface area contributed by atoms with E-state index in [0.29, 0.717) is 21.3 Å². The number of anilines is 1. The first-order valence-electron chi connectivity index (χ1n) is 7.62. The van der Waals surface area contributed by atoms with Gasteiger partial charge < -0.3 is 5.32 Å². The number of nitrogens with zero attached hydrogens (tertiary/aromatic N) is 1. The number of halogens is 2. The van der Waals surface area contributed by atoms with Gasteiger partial charge in [0, 0.05) is 21.7 Å². The molecule has 0 spiro atoms. The van der Waals surface area contributed by atoms with Gasteiger partial charge in [-0.15, -0.1) is 0 Å². The van der Waals surface area contributed by atoms with Gasteiger partial charge in [-0.1, -0.05) is 65.7 Å². The topological polar surface area (TPSA) is 70.6 Å². The summed E-state index contributed by atoms with van der Waals surface area (Å²) in [7, 11) is 0. The maximum atomic E-state index is 12.1. The van der Waals surface area contributed by atoms with Crippen molar-refractivity contribution in [1.82, 2.24) is 5.43 Å². The normalized spacial score (nSPS) is 10.8. The lowest BCUT2D eigenvalue weighted by Crippen LogP contribution is -2.32. The molecule has 0 aromatic heterocycles. The second-order valence-corrected chi connectivity index (χ2v) is 6.19. The van der Waals surface area contributed by atoms with Gasteiger partial charge in [0.1, 0.15) is 0 Å². The molecule has 0 atom stereocenters. The molecule has 0 heterocycles. The molecule has 7 heteroatoms. The minimum absolute atomic E-state index is 0.385. The number of benzene rings is 3. The maximum absolute atomic E-state index is 12.1. The van der Waals surface area contributed by atoms with Crippen molar-refractivity contribution in [1.29, 1.82) is 0 Å². The summed E-state index contributed by atoms with van der Waals surface area (Å²) < 4.78 is 0. The van der Waals surface area contributed by atoms with E-state index in [1.807, 2.05) is 30.3 Å². The zero-order chi connectivity index (χ0) is 18.5. The highest BCUT2D eigenvalue weighted by molar-refractivity contribution is 6.40. The molecule has 2 N–H and O–H groups in total. The van der Waals surface area contributed by atoms with E-state index in [1.54, 1.807) is 30.3 Å². The van der Waals surface area contributed by atoms with Gasteiger partial charge in [0.2, 0.25) is 0 Å². The van der Waals surface area contributed by atoms with Gasteiger partial charge >= 0.3 is 11.8 Å². The van der Waals surface area contributed by atoms with Crippen molar-refractivity contribution in [3.05, 3.63) is 76.3 Å². The van der Waals surface area contributed by atoms with Gasteiger partial charge in [-0.05, 0) is 23.6 Å². The molecular weight excluding hydrogens is 373 g/mol. The lowest BCUT2D eigenvalue weighted by Gasteiger charge is -2.07. The van der Waals surface area contributed by atoms with Gasteiger partial charge in [-0.2, -0.15) is 5.10 Å². The van der Waals surface area contributed by atoms with E-state index in [2.05, 4.69) is 15.8 Å². The number of hydrazone groups is 1. The second-order valence-electron chi connectivity index (χ2n) is 5.35. The molecular formula is C19H13Cl2N3O2. The van der Waals surface area contributed by atoms with E-state index < -0.39 is 11.8 Å². The molecule has 0 aliphatic rings. The number of nitrogens with one attached hydrogen (secondary N) is 2. The van der Waals surface area contributed by atoms with E-state index in [1.165, 1.54) is 6.21 Å². The fraction of sp³-hybridized carbons (Fsp3) is 0. The molecule has 26 heavy (non-hydrogen) atoms. The summed E-state index contributed by atoms with van der Waals surface area (Å²) in [6, 6.07) is 17.8. The van der Waals surface area contributed by atoms with Crippen LogP contribution in [0, 0.1) is 0 Å². The number of carbonyl (C=O) groups excluding carboxylic acids is 2. The fourth-order valence-corrected chi connectivity index (χ4v) is 2.79. The molecule has 2 amide bonds. The van der Waals surface area contributed by atoms with E-state index in [-0.39, 0.29) is 0 Å².